The van der Waals surface area contributed by atoms with Crippen LogP contribution in [-0.4, -0.2) is 60.4 Å². The summed E-state index contributed by atoms with van der Waals surface area (Å²) in [5, 5.41) is 8.72. The molecule has 1 aliphatic heterocycles. The van der Waals surface area contributed by atoms with Crippen LogP contribution in [0.3, 0.4) is 0 Å². The number of halogens is 4. The van der Waals surface area contributed by atoms with E-state index >= 15 is 4.39 Å². The van der Waals surface area contributed by atoms with Crippen LogP contribution < -0.4 is 10.3 Å². The first kappa shape index (κ1) is 21.0. The average Bonchev–Trinajstić information content (AvgIpc) is 2.58. The lowest BCUT2D eigenvalue weighted by atomic mass is 10.1. The van der Waals surface area contributed by atoms with Gasteiger partial charge >= 0.3 is 5.97 Å². The van der Waals surface area contributed by atoms with Crippen LogP contribution in [0.5, 0.6) is 0 Å². The fraction of sp³-hybridized carbons (Fsp3) is 0.412. The summed E-state index contributed by atoms with van der Waals surface area (Å²) >= 11 is 0. The molecule has 6 nitrogen and oxygen atoms in total. The quantitative estimate of drug-likeness (QED) is 0.844. The maximum Gasteiger partial charge on any atom is 0.341 e. The van der Waals surface area contributed by atoms with Crippen molar-refractivity contribution < 1.29 is 23.1 Å². The van der Waals surface area contributed by atoms with E-state index < -0.39 is 40.7 Å². The Morgan fingerprint density at radius 2 is 1.85 bits per heavy atom. The van der Waals surface area contributed by atoms with Gasteiger partial charge in [0.05, 0.1) is 17.4 Å². The molecule has 0 radical (unpaired) electrons. The van der Waals surface area contributed by atoms with Crippen LogP contribution in [0.2, 0.25) is 0 Å². The Balaban J connectivity index is 0.00000261. The van der Waals surface area contributed by atoms with Crippen LogP contribution in [0.25, 0.3) is 10.9 Å². The third-order valence-corrected chi connectivity index (χ3v) is 4.60. The molecular formula is C17H19ClF3N3O3. The van der Waals surface area contributed by atoms with Crippen molar-refractivity contribution in [3.8, 4) is 0 Å². The van der Waals surface area contributed by atoms with Crippen molar-refractivity contribution in [2.24, 2.45) is 0 Å². The van der Waals surface area contributed by atoms with Gasteiger partial charge in [-0.2, -0.15) is 0 Å². The Labute approximate surface area is 159 Å². The lowest BCUT2D eigenvalue weighted by Gasteiger charge is -2.34. The molecule has 0 aliphatic carbocycles. The van der Waals surface area contributed by atoms with Crippen LogP contribution >= 0.6 is 12.4 Å². The molecule has 1 saturated heterocycles. The van der Waals surface area contributed by atoms with Crippen molar-refractivity contribution in [3.05, 3.63) is 39.7 Å². The summed E-state index contributed by atoms with van der Waals surface area (Å²) in [5.74, 6) is -3.45. The van der Waals surface area contributed by atoms with E-state index in [-0.39, 0.29) is 30.2 Å². The number of hydrogen-bond acceptors (Lipinski definition) is 4. The van der Waals surface area contributed by atoms with Gasteiger partial charge < -0.3 is 19.5 Å². The summed E-state index contributed by atoms with van der Waals surface area (Å²) in [4.78, 5) is 27.1. The molecule has 0 bridgehead atoms. The molecule has 0 saturated carbocycles. The van der Waals surface area contributed by atoms with Crippen molar-refractivity contribution >= 4 is 35.0 Å². The number of carbonyl (C=O) groups is 1. The summed E-state index contributed by atoms with van der Waals surface area (Å²) in [6.07, 6.45) is 0.904. The van der Waals surface area contributed by atoms with Gasteiger partial charge in [0.2, 0.25) is 5.43 Å². The number of aromatic nitrogens is 1. The fourth-order valence-electron chi connectivity index (χ4n) is 3.22. The zero-order valence-electron chi connectivity index (χ0n) is 14.5. The summed E-state index contributed by atoms with van der Waals surface area (Å²) in [6.45, 7) is 0.796. The maximum absolute atomic E-state index is 15.2. The Hall–Kier alpha value is -2.26. The van der Waals surface area contributed by atoms with E-state index in [9.17, 15) is 18.4 Å². The Kier molecular flexibility index (Phi) is 6.38. The van der Waals surface area contributed by atoms with Gasteiger partial charge in [-0.3, -0.25) is 4.79 Å². The number of benzene rings is 1. The number of fused-ring (bicyclic) bond motifs is 1. The minimum absolute atomic E-state index is 0. The van der Waals surface area contributed by atoms with E-state index in [4.69, 9.17) is 5.11 Å². The first-order valence-electron chi connectivity index (χ1n) is 8.13. The van der Waals surface area contributed by atoms with Gasteiger partial charge in [0.25, 0.3) is 0 Å². The van der Waals surface area contributed by atoms with Gasteiger partial charge in [0, 0.05) is 32.4 Å². The number of hydrogen-bond donors (Lipinski definition) is 1. The van der Waals surface area contributed by atoms with Gasteiger partial charge in [-0.05, 0) is 13.1 Å². The van der Waals surface area contributed by atoms with Gasteiger partial charge in [0.1, 0.15) is 23.7 Å². The zero-order chi connectivity index (χ0) is 19.0. The lowest BCUT2D eigenvalue weighted by Crippen LogP contribution is -2.45. The van der Waals surface area contributed by atoms with Crippen molar-refractivity contribution in [3.63, 3.8) is 0 Å². The number of alkyl halides is 1. The molecule has 1 aromatic heterocycles. The number of aromatic carboxylic acids is 1. The highest BCUT2D eigenvalue weighted by Crippen LogP contribution is 2.30. The minimum atomic E-state index is -1.53. The SMILES string of the molecule is CN1CCN(c2c(F)cc3c(=O)c(C(=O)O)cn(CCF)c3c2F)CC1.Cl. The second-order valence-electron chi connectivity index (χ2n) is 6.27. The number of rotatable bonds is 4. The van der Waals surface area contributed by atoms with Crippen LogP contribution in [0.15, 0.2) is 17.1 Å². The molecule has 0 unspecified atom stereocenters. The van der Waals surface area contributed by atoms with Gasteiger partial charge in [0.15, 0.2) is 5.82 Å². The fourth-order valence-corrected chi connectivity index (χ4v) is 3.22. The first-order valence-corrected chi connectivity index (χ1v) is 8.13. The summed E-state index contributed by atoms with van der Waals surface area (Å²) in [7, 11) is 1.90. The monoisotopic (exact) mass is 405 g/mol. The van der Waals surface area contributed by atoms with E-state index in [2.05, 4.69) is 0 Å². The van der Waals surface area contributed by atoms with Gasteiger partial charge in [-0.15, -0.1) is 12.4 Å². The molecule has 1 N–H and O–H groups in total. The van der Waals surface area contributed by atoms with Crippen LogP contribution in [0.4, 0.5) is 18.9 Å². The van der Waals surface area contributed by atoms with Crippen LogP contribution in [0.1, 0.15) is 10.4 Å². The standard InChI is InChI=1S/C17H18F3N3O3.ClH/c1-21-4-6-22(7-5-21)15-12(19)8-10-14(13(15)20)23(3-2-18)9-11(16(10)24)17(25)26;/h8-9H,2-7H2,1H3,(H,25,26);1H. The van der Waals surface area contributed by atoms with Gasteiger partial charge in [-0.1, -0.05) is 0 Å². The topological polar surface area (TPSA) is 65.8 Å². The normalized spacial score (nSPS) is 15.0. The number of anilines is 1. The van der Waals surface area contributed by atoms with E-state index in [1.165, 1.54) is 0 Å². The second kappa shape index (κ2) is 8.18. The third-order valence-electron chi connectivity index (χ3n) is 4.60. The minimum Gasteiger partial charge on any atom is -0.477 e. The second-order valence-corrected chi connectivity index (χ2v) is 6.27. The molecule has 0 atom stereocenters. The van der Waals surface area contributed by atoms with E-state index in [0.29, 0.717) is 26.2 Å². The van der Waals surface area contributed by atoms with Crippen molar-refractivity contribution in [2.75, 3.05) is 44.8 Å². The van der Waals surface area contributed by atoms with E-state index in [1.54, 1.807) is 4.90 Å². The maximum atomic E-state index is 15.2. The van der Waals surface area contributed by atoms with Crippen LogP contribution in [0, 0.1) is 11.6 Å². The molecule has 2 heterocycles. The Bertz CT molecular complexity index is 927. The zero-order valence-corrected chi connectivity index (χ0v) is 15.4. The molecule has 27 heavy (non-hydrogen) atoms. The highest BCUT2D eigenvalue weighted by atomic mass is 35.5. The number of piperazine rings is 1. The van der Waals surface area contributed by atoms with Crippen molar-refractivity contribution in [2.45, 2.75) is 6.54 Å². The molecule has 0 amide bonds. The molecule has 1 fully saturated rings. The predicted molar refractivity (Wildman–Crippen MR) is 98.0 cm³/mol. The molecule has 2 aromatic rings. The van der Waals surface area contributed by atoms with Crippen molar-refractivity contribution in [1.29, 1.82) is 0 Å². The highest BCUT2D eigenvalue weighted by Gasteiger charge is 2.26. The third kappa shape index (κ3) is 3.74. The molecule has 148 valence electrons. The largest absolute Gasteiger partial charge is 0.477 e. The average molecular weight is 406 g/mol. The molecular weight excluding hydrogens is 387 g/mol. The molecule has 10 heteroatoms. The number of carboxylic acid groups (broad SMARTS) is 1. The number of aryl methyl sites for hydroxylation is 1. The number of nitrogens with zero attached hydrogens (tertiary/aromatic N) is 3. The van der Waals surface area contributed by atoms with E-state index in [1.807, 2.05) is 11.9 Å². The van der Waals surface area contributed by atoms with Crippen LogP contribution in [-0.2, 0) is 6.54 Å². The number of pyridine rings is 1. The Morgan fingerprint density at radius 1 is 1.22 bits per heavy atom. The molecule has 3 rings (SSSR count). The van der Waals surface area contributed by atoms with E-state index in [0.717, 1.165) is 16.8 Å². The lowest BCUT2D eigenvalue weighted by molar-refractivity contribution is 0.0694. The number of carboxylic acids is 1. The smallest absolute Gasteiger partial charge is 0.341 e. The molecule has 1 aromatic carbocycles. The predicted octanol–water partition coefficient (Wildman–Crippen LogP) is 2.12. The van der Waals surface area contributed by atoms with Gasteiger partial charge in [-0.25, -0.2) is 18.0 Å². The van der Waals surface area contributed by atoms with Crippen molar-refractivity contribution in [1.82, 2.24) is 9.47 Å². The summed E-state index contributed by atoms with van der Waals surface area (Å²) in [5.41, 5.74) is -2.21. The highest BCUT2D eigenvalue weighted by molar-refractivity contribution is 5.93. The molecule has 1 aliphatic rings. The molecule has 0 spiro atoms. The first-order chi connectivity index (χ1) is 12.3. The Morgan fingerprint density at radius 3 is 2.41 bits per heavy atom. The number of likely N-dealkylation sites (N-methyl/N-ethyl adjacent to an activating group) is 1. The summed E-state index contributed by atoms with van der Waals surface area (Å²) in [6, 6.07) is 0.843. The summed E-state index contributed by atoms with van der Waals surface area (Å²) < 4.78 is 43.7.